The van der Waals surface area contributed by atoms with Crippen molar-refractivity contribution in [2.24, 2.45) is 0 Å². The van der Waals surface area contributed by atoms with E-state index >= 15 is 0 Å². The Balaban J connectivity index is 2.15. The van der Waals surface area contributed by atoms with Crippen LogP contribution in [-0.4, -0.2) is 9.55 Å². The molecule has 1 aromatic heterocycles. The van der Waals surface area contributed by atoms with E-state index in [-0.39, 0.29) is 0 Å². The molecule has 0 unspecified atom stereocenters. The average molecular weight is 328 g/mol. The number of imidazole rings is 1. The molecule has 0 bridgehead atoms. The minimum absolute atomic E-state index is 0.550. The lowest BCUT2D eigenvalue weighted by Gasteiger charge is -2.31. The van der Waals surface area contributed by atoms with Gasteiger partial charge in [0.15, 0.2) is 5.54 Å². The topological polar surface area (TPSA) is 17.8 Å². The fourth-order valence-electron chi connectivity index (χ4n) is 3.14. The van der Waals surface area contributed by atoms with Crippen molar-refractivity contribution in [2.75, 3.05) is 0 Å². The number of nitrogens with zero attached hydrogens (tertiary/aromatic N) is 2. The van der Waals surface area contributed by atoms with Crippen LogP contribution in [-0.2, 0) is 5.54 Å². The smallest absolute Gasteiger partial charge is 0.157 e. The number of benzene rings is 2. The molecule has 0 aliphatic carbocycles. The van der Waals surface area contributed by atoms with E-state index in [4.69, 9.17) is 0 Å². The molecule has 126 valence electrons. The van der Waals surface area contributed by atoms with Crippen LogP contribution in [0.25, 0.3) is 0 Å². The summed E-state index contributed by atoms with van der Waals surface area (Å²) < 4.78 is 2.12. The summed E-state index contributed by atoms with van der Waals surface area (Å²) in [4.78, 5) is 4.29. The number of hydrogen-bond acceptors (Lipinski definition) is 1. The van der Waals surface area contributed by atoms with Crippen molar-refractivity contribution >= 4 is 0 Å². The first-order valence-electron chi connectivity index (χ1n) is 8.97. The van der Waals surface area contributed by atoms with E-state index in [0.717, 1.165) is 24.0 Å². The Bertz CT molecular complexity index is 769. The van der Waals surface area contributed by atoms with Crippen molar-refractivity contribution in [1.29, 1.82) is 0 Å². The molecular weight excluding hydrogens is 304 g/mol. The van der Waals surface area contributed by atoms with Gasteiger partial charge in [0.1, 0.15) is 0 Å². The Kier molecular flexibility index (Phi) is 5.69. The first-order valence-corrected chi connectivity index (χ1v) is 8.97. The summed E-state index contributed by atoms with van der Waals surface area (Å²) in [7, 11) is 0. The monoisotopic (exact) mass is 328 g/mol. The molecule has 0 spiro atoms. The highest BCUT2D eigenvalue weighted by molar-refractivity contribution is 5.48. The summed E-state index contributed by atoms with van der Waals surface area (Å²) >= 11 is 0. The molecule has 3 aromatic rings. The van der Waals surface area contributed by atoms with Gasteiger partial charge >= 0.3 is 0 Å². The van der Waals surface area contributed by atoms with Crippen molar-refractivity contribution < 1.29 is 0 Å². The molecule has 0 fully saturated rings. The maximum atomic E-state index is 4.29. The summed E-state index contributed by atoms with van der Waals surface area (Å²) in [6.07, 6.45) is 10.2. The van der Waals surface area contributed by atoms with E-state index in [9.17, 15) is 0 Å². The summed E-state index contributed by atoms with van der Waals surface area (Å²) in [5.74, 6) is 7.05. The molecule has 0 aliphatic heterocycles. The fraction of sp³-hybridized carbons (Fsp3) is 0.261. The Morgan fingerprint density at radius 3 is 2.08 bits per heavy atom. The standard InChI is InChI=1S/C23H24N2/c1-2-3-4-5-12-17-23(25-19-18-24-20-25,21-13-8-6-9-14-21)22-15-10-7-11-16-22/h6-11,13-16,18-20H,2-5H2,1H3. The maximum Gasteiger partial charge on any atom is 0.157 e. The van der Waals surface area contributed by atoms with Gasteiger partial charge in [-0.15, -0.1) is 5.92 Å². The van der Waals surface area contributed by atoms with Gasteiger partial charge < -0.3 is 4.57 Å². The fourth-order valence-corrected chi connectivity index (χ4v) is 3.14. The van der Waals surface area contributed by atoms with E-state index in [1.807, 2.05) is 30.9 Å². The number of unbranched alkanes of at least 4 members (excludes halogenated alkanes) is 3. The van der Waals surface area contributed by atoms with Gasteiger partial charge in [0.2, 0.25) is 0 Å². The third kappa shape index (κ3) is 3.67. The van der Waals surface area contributed by atoms with Gasteiger partial charge in [0.05, 0.1) is 6.33 Å². The zero-order chi connectivity index (χ0) is 17.4. The molecule has 0 N–H and O–H groups in total. The highest BCUT2D eigenvalue weighted by atomic mass is 15.1. The summed E-state index contributed by atoms with van der Waals surface area (Å²) in [5.41, 5.74) is 1.76. The Morgan fingerprint density at radius 1 is 0.920 bits per heavy atom. The molecule has 25 heavy (non-hydrogen) atoms. The summed E-state index contributed by atoms with van der Waals surface area (Å²) in [5, 5.41) is 0. The van der Waals surface area contributed by atoms with Gasteiger partial charge in [0.25, 0.3) is 0 Å². The van der Waals surface area contributed by atoms with Crippen LogP contribution in [0.2, 0.25) is 0 Å². The molecule has 0 atom stereocenters. The second kappa shape index (κ2) is 8.35. The first-order chi connectivity index (χ1) is 12.4. The molecule has 3 rings (SSSR count). The lowest BCUT2D eigenvalue weighted by atomic mass is 9.82. The molecule has 2 aromatic carbocycles. The molecule has 1 heterocycles. The van der Waals surface area contributed by atoms with Crippen molar-refractivity contribution in [1.82, 2.24) is 9.55 Å². The van der Waals surface area contributed by atoms with Crippen molar-refractivity contribution in [3.8, 4) is 11.8 Å². The SMILES string of the molecule is CCCCCC#CC(c1ccccc1)(c1ccccc1)n1ccnc1. The first kappa shape index (κ1) is 17.0. The Morgan fingerprint density at radius 2 is 1.56 bits per heavy atom. The predicted molar refractivity (Wildman–Crippen MR) is 103 cm³/mol. The molecule has 2 heteroatoms. The lowest BCUT2D eigenvalue weighted by molar-refractivity contribution is 0.554. The van der Waals surface area contributed by atoms with Crippen LogP contribution in [0.4, 0.5) is 0 Å². The minimum Gasteiger partial charge on any atom is -0.312 e. The zero-order valence-electron chi connectivity index (χ0n) is 14.7. The quantitative estimate of drug-likeness (QED) is 0.446. The van der Waals surface area contributed by atoms with E-state index in [2.05, 4.69) is 76.8 Å². The van der Waals surface area contributed by atoms with Gasteiger partial charge in [-0.1, -0.05) is 86.3 Å². The largest absolute Gasteiger partial charge is 0.312 e. The van der Waals surface area contributed by atoms with Gasteiger partial charge in [-0.05, 0) is 17.5 Å². The van der Waals surface area contributed by atoms with Crippen molar-refractivity contribution in [3.05, 3.63) is 90.5 Å². The van der Waals surface area contributed by atoms with E-state index in [1.54, 1.807) is 0 Å². The average Bonchev–Trinajstić information content (AvgIpc) is 3.21. The van der Waals surface area contributed by atoms with Crippen LogP contribution < -0.4 is 0 Å². The highest BCUT2D eigenvalue weighted by Gasteiger charge is 2.34. The summed E-state index contributed by atoms with van der Waals surface area (Å²) in [6.45, 7) is 2.22. The molecule has 0 amide bonds. The number of rotatable bonds is 6. The minimum atomic E-state index is -0.550. The van der Waals surface area contributed by atoms with E-state index in [0.29, 0.717) is 0 Å². The zero-order valence-corrected chi connectivity index (χ0v) is 14.7. The van der Waals surface area contributed by atoms with Crippen LogP contribution in [0.5, 0.6) is 0 Å². The van der Waals surface area contributed by atoms with Crippen LogP contribution >= 0.6 is 0 Å². The van der Waals surface area contributed by atoms with Crippen molar-refractivity contribution in [3.63, 3.8) is 0 Å². The van der Waals surface area contributed by atoms with Gasteiger partial charge in [-0.25, -0.2) is 4.98 Å². The van der Waals surface area contributed by atoms with Crippen LogP contribution in [0, 0.1) is 11.8 Å². The maximum absolute atomic E-state index is 4.29. The van der Waals surface area contributed by atoms with Gasteiger partial charge in [-0.2, -0.15) is 0 Å². The third-order valence-corrected chi connectivity index (χ3v) is 4.45. The Hall–Kier alpha value is -2.79. The van der Waals surface area contributed by atoms with E-state index in [1.165, 1.54) is 12.8 Å². The second-order valence-electron chi connectivity index (χ2n) is 6.17. The predicted octanol–water partition coefficient (Wildman–Crippen LogP) is 5.26. The number of hydrogen-bond donors (Lipinski definition) is 0. The van der Waals surface area contributed by atoms with E-state index < -0.39 is 5.54 Å². The molecule has 0 aliphatic rings. The normalized spacial score (nSPS) is 10.9. The van der Waals surface area contributed by atoms with Crippen LogP contribution in [0.15, 0.2) is 79.4 Å². The lowest BCUT2D eigenvalue weighted by Crippen LogP contribution is -2.34. The Labute approximate surface area is 150 Å². The summed E-state index contributed by atoms with van der Waals surface area (Å²) in [6, 6.07) is 21.0. The third-order valence-electron chi connectivity index (χ3n) is 4.45. The number of aromatic nitrogens is 2. The molecule has 2 nitrogen and oxygen atoms in total. The molecule has 0 saturated heterocycles. The van der Waals surface area contributed by atoms with Crippen molar-refractivity contribution in [2.45, 2.75) is 38.1 Å². The molecule has 0 radical (unpaired) electrons. The molecular formula is C23H24N2. The highest BCUT2D eigenvalue weighted by Crippen LogP contribution is 2.33. The van der Waals surface area contributed by atoms with Crippen LogP contribution in [0.3, 0.4) is 0 Å². The molecule has 0 saturated carbocycles. The van der Waals surface area contributed by atoms with Crippen LogP contribution in [0.1, 0.15) is 43.7 Å². The van der Waals surface area contributed by atoms with Gasteiger partial charge in [-0.3, -0.25) is 0 Å². The second-order valence-corrected chi connectivity index (χ2v) is 6.17. The van der Waals surface area contributed by atoms with Gasteiger partial charge in [0, 0.05) is 18.8 Å².